The summed E-state index contributed by atoms with van der Waals surface area (Å²) in [6.45, 7) is 2.15. The van der Waals surface area contributed by atoms with Crippen molar-refractivity contribution in [3.8, 4) is 0 Å². The van der Waals surface area contributed by atoms with Crippen molar-refractivity contribution in [2.45, 2.75) is 32.6 Å². The summed E-state index contributed by atoms with van der Waals surface area (Å²) in [5.74, 6) is 0.208. The number of hydrogen-bond acceptors (Lipinski definition) is 1. The maximum absolute atomic E-state index is 13.8. The Morgan fingerprint density at radius 3 is 2.88 bits per heavy atom. The highest BCUT2D eigenvalue weighted by molar-refractivity contribution is 9.10. The molecule has 1 aromatic rings. The molecule has 2 rings (SSSR count). The molecule has 0 bridgehead atoms. The zero-order chi connectivity index (χ0) is 12.4. The summed E-state index contributed by atoms with van der Waals surface area (Å²) in [7, 11) is 0. The predicted octanol–water partition coefficient (Wildman–Crippen LogP) is 4.60. The van der Waals surface area contributed by atoms with E-state index >= 15 is 0 Å². The molecular formula is C14H16BrFO. The lowest BCUT2D eigenvalue weighted by atomic mass is 9.94. The topological polar surface area (TPSA) is 17.1 Å². The van der Waals surface area contributed by atoms with Crippen LogP contribution in [0.2, 0.25) is 0 Å². The van der Waals surface area contributed by atoms with Crippen LogP contribution in [0.3, 0.4) is 0 Å². The van der Waals surface area contributed by atoms with Gasteiger partial charge in [0.1, 0.15) is 5.82 Å². The SMILES string of the molecule is CCC1CCC(C(=O)c2cccc(Br)c2F)C1. The van der Waals surface area contributed by atoms with Gasteiger partial charge in [0.15, 0.2) is 5.78 Å². The van der Waals surface area contributed by atoms with E-state index in [4.69, 9.17) is 0 Å². The van der Waals surface area contributed by atoms with Crippen molar-refractivity contribution in [3.63, 3.8) is 0 Å². The number of carbonyl (C=O) groups is 1. The molecule has 92 valence electrons. The first-order chi connectivity index (χ1) is 8.13. The molecule has 1 fully saturated rings. The lowest BCUT2D eigenvalue weighted by Gasteiger charge is -2.10. The van der Waals surface area contributed by atoms with Gasteiger partial charge in [0.2, 0.25) is 0 Å². The van der Waals surface area contributed by atoms with Crippen LogP contribution < -0.4 is 0 Å². The minimum atomic E-state index is -0.419. The Kier molecular flexibility index (Phi) is 3.97. The normalized spacial score (nSPS) is 23.9. The number of carbonyl (C=O) groups excluding carboxylic acids is 1. The Hall–Kier alpha value is -0.700. The van der Waals surface area contributed by atoms with Crippen molar-refractivity contribution in [3.05, 3.63) is 34.1 Å². The van der Waals surface area contributed by atoms with Crippen LogP contribution in [0.4, 0.5) is 4.39 Å². The number of rotatable bonds is 3. The molecule has 3 heteroatoms. The van der Waals surface area contributed by atoms with Crippen molar-refractivity contribution >= 4 is 21.7 Å². The number of hydrogen-bond donors (Lipinski definition) is 0. The molecule has 0 radical (unpaired) electrons. The van der Waals surface area contributed by atoms with E-state index in [9.17, 15) is 9.18 Å². The molecule has 1 aliphatic carbocycles. The lowest BCUT2D eigenvalue weighted by Crippen LogP contribution is -2.13. The summed E-state index contributed by atoms with van der Waals surface area (Å²) in [5.41, 5.74) is 0.237. The van der Waals surface area contributed by atoms with E-state index in [2.05, 4.69) is 22.9 Å². The van der Waals surface area contributed by atoms with E-state index in [1.807, 2.05) is 0 Å². The van der Waals surface area contributed by atoms with E-state index in [1.54, 1.807) is 18.2 Å². The summed E-state index contributed by atoms with van der Waals surface area (Å²) in [6.07, 6.45) is 4.04. The van der Waals surface area contributed by atoms with Crippen LogP contribution in [0.15, 0.2) is 22.7 Å². The van der Waals surface area contributed by atoms with Crippen LogP contribution in [0.5, 0.6) is 0 Å². The van der Waals surface area contributed by atoms with E-state index in [1.165, 1.54) is 0 Å². The molecule has 0 aliphatic heterocycles. The number of halogens is 2. The third kappa shape index (κ3) is 2.59. The van der Waals surface area contributed by atoms with Crippen molar-refractivity contribution in [2.24, 2.45) is 11.8 Å². The van der Waals surface area contributed by atoms with Gasteiger partial charge in [-0.1, -0.05) is 19.4 Å². The largest absolute Gasteiger partial charge is 0.294 e. The first-order valence-corrected chi connectivity index (χ1v) is 6.91. The Labute approximate surface area is 110 Å². The van der Waals surface area contributed by atoms with Gasteiger partial charge in [-0.05, 0) is 53.2 Å². The highest BCUT2D eigenvalue weighted by Crippen LogP contribution is 2.35. The number of ketones is 1. The summed E-state index contributed by atoms with van der Waals surface area (Å²) < 4.78 is 14.2. The third-order valence-corrected chi connectivity index (χ3v) is 4.32. The molecule has 0 heterocycles. The second kappa shape index (κ2) is 5.30. The second-order valence-corrected chi connectivity index (χ2v) is 5.60. The molecule has 17 heavy (non-hydrogen) atoms. The monoisotopic (exact) mass is 298 g/mol. The average molecular weight is 299 g/mol. The Morgan fingerprint density at radius 1 is 1.47 bits per heavy atom. The maximum atomic E-state index is 13.8. The van der Waals surface area contributed by atoms with E-state index in [0.717, 1.165) is 25.7 Å². The fourth-order valence-corrected chi connectivity index (χ4v) is 2.96. The fraction of sp³-hybridized carbons (Fsp3) is 0.500. The minimum Gasteiger partial charge on any atom is -0.294 e. The highest BCUT2D eigenvalue weighted by atomic mass is 79.9. The molecule has 1 aliphatic rings. The molecule has 0 spiro atoms. The van der Waals surface area contributed by atoms with Crippen molar-refractivity contribution in [1.29, 1.82) is 0 Å². The maximum Gasteiger partial charge on any atom is 0.168 e. The van der Waals surface area contributed by atoms with Gasteiger partial charge in [-0.25, -0.2) is 4.39 Å². The fourth-order valence-electron chi connectivity index (χ4n) is 2.60. The smallest absolute Gasteiger partial charge is 0.168 e. The van der Waals surface area contributed by atoms with E-state index in [0.29, 0.717) is 10.4 Å². The van der Waals surface area contributed by atoms with Crippen LogP contribution in [0.1, 0.15) is 43.0 Å². The third-order valence-electron chi connectivity index (χ3n) is 3.71. The van der Waals surface area contributed by atoms with Crippen LogP contribution in [0.25, 0.3) is 0 Å². The van der Waals surface area contributed by atoms with Gasteiger partial charge in [-0.15, -0.1) is 0 Å². The van der Waals surface area contributed by atoms with Crippen LogP contribution in [-0.4, -0.2) is 5.78 Å². The average Bonchev–Trinajstić information content (AvgIpc) is 2.80. The highest BCUT2D eigenvalue weighted by Gasteiger charge is 2.30. The molecule has 0 amide bonds. The Bertz CT molecular complexity index is 430. The van der Waals surface area contributed by atoms with Gasteiger partial charge in [0.05, 0.1) is 10.0 Å². The van der Waals surface area contributed by atoms with Crippen LogP contribution >= 0.6 is 15.9 Å². The first-order valence-electron chi connectivity index (χ1n) is 6.11. The summed E-state index contributed by atoms with van der Waals surface area (Å²) in [5, 5.41) is 0. The zero-order valence-electron chi connectivity index (χ0n) is 9.88. The molecule has 1 saturated carbocycles. The molecular weight excluding hydrogens is 283 g/mol. The first kappa shape index (κ1) is 12.7. The Balaban J connectivity index is 2.18. The standard InChI is InChI=1S/C14H16BrFO/c1-2-9-6-7-10(8-9)14(17)11-4-3-5-12(15)13(11)16/h3-5,9-10H,2,6-8H2,1H3. The van der Waals surface area contributed by atoms with Gasteiger partial charge in [-0.2, -0.15) is 0 Å². The zero-order valence-corrected chi connectivity index (χ0v) is 11.5. The molecule has 1 nitrogen and oxygen atoms in total. The van der Waals surface area contributed by atoms with Crippen molar-refractivity contribution in [1.82, 2.24) is 0 Å². The van der Waals surface area contributed by atoms with Gasteiger partial charge in [0, 0.05) is 5.92 Å². The molecule has 2 atom stereocenters. The van der Waals surface area contributed by atoms with Crippen molar-refractivity contribution in [2.75, 3.05) is 0 Å². The Morgan fingerprint density at radius 2 is 2.24 bits per heavy atom. The van der Waals surface area contributed by atoms with E-state index < -0.39 is 5.82 Å². The summed E-state index contributed by atoms with van der Waals surface area (Å²) in [4.78, 5) is 12.2. The van der Waals surface area contributed by atoms with Crippen LogP contribution in [0, 0.1) is 17.7 Å². The number of Topliss-reactive ketones (excluding diaryl/α,β-unsaturated/α-hetero) is 1. The van der Waals surface area contributed by atoms with Gasteiger partial charge in [0.25, 0.3) is 0 Å². The molecule has 2 unspecified atom stereocenters. The van der Waals surface area contributed by atoms with Crippen LogP contribution in [-0.2, 0) is 0 Å². The second-order valence-electron chi connectivity index (χ2n) is 4.75. The molecule has 0 aromatic heterocycles. The molecule has 0 N–H and O–H groups in total. The lowest BCUT2D eigenvalue weighted by molar-refractivity contribution is 0.0915. The van der Waals surface area contributed by atoms with Gasteiger partial charge in [-0.3, -0.25) is 4.79 Å². The quantitative estimate of drug-likeness (QED) is 0.746. The molecule has 1 aromatic carbocycles. The molecule has 0 saturated heterocycles. The predicted molar refractivity (Wildman–Crippen MR) is 69.6 cm³/mol. The summed E-state index contributed by atoms with van der Waals surface area (Å²) in [6, 6.07) is 4.92. The van der Waals surface area contributed by atoms with E-state index in [-0.39, 0.29) is 17.3 Å². The van der Waals surface area contributed by atoms with Gasteiger partial charge >= 0.3 is 0 Å². The minimum absolute atomic E-state index is 0.0174. The van der Waals surface area contributed by atoms with Gasteiger partial charge < -0.3 is 0 Å². The van der Waals surface area contributed by atoms with Crippen molar-refractivity contribution < 1.29 is 9.18 Å². The number of benzene rings is 1. The summed E-state index contributed by atoms with van der Waals surface area (Å²) >= 11 is 3.12.